The van der Waals surface area contributed by atoms with Crippen LogP contribution >= 0.6 is 0 Å². The van der Waals surface area contributed by atoms with Crippen molar-refractivity contribution in [2.75, 3.05) is 23.8 Å². The van der Waals surface area contributed by atoms with E-state index in [4.69, 9.17) is 10.00 Å². The molecule has 3 rings (SSSR count). The van der Waals surface area contributed by atoms with Crippen LogP contribution in [0.2, 0.25) is 0 Å². The topological polar surface area (TPSA) is 74.2 Å². The predicted molar refractivity (Wildman–Crippen MR) is 93.1 cm³/mol. The molecule has 1 saturated heterocycles. The Kier molecular flexibility index (Phi) is 5.09. The normalized spacial score (nSPS) is 14.6. The van der Waals surface area contributed by atoms with Crippen LogP contribution in [0, 0.1) is 17.2 Å². The van der Waals surface area contributed by atoms with Crippen molar-refractivity contribution in [1.82, 2.24) is 0 Å². The average molecular weight is 321 g/mol. The van der Waals surface area contributed by atoms with Crippen molar-refractivity contribution in [2.24, 2.45) is 5.92 Å². The van der Waals surface area contributed by atoms with Gasteiger partial charge in [-0.2, -0.15) is 5.26 Å². The zero-order valence-electron chi connectivity index (χ0n) is 13.3. The molecule has 0 spiro atoms. The van der Waals surface area contributed by atoms with Gasteiger partial charge in [0, 0.05) is 36.2 Å². The van der Waals surface area contributed by atoms with Crippen molar-refractivity contribution in [1.29, 1.82) is 5.26 Å². The number of nitriles is 1. The smallest absolute Gasteiger partial charge is 0.227 e. The van der Waals surface area contributed by atoms with Gasteiger partial charge in [-0.3, -0.25) is 4.79 Å². The van der Waals surface area contributed by atoms with Crippen LogP contribution in [-0.4, -0.2) is 19.1 Å². The van der Waals surface area contributed by atoms with E-state index in [1.54, 1.807) is 12.1 Å². The van der Waals surface area contributed by atoms with Gasteiger partial charge in [0.25, 0.3) is 0 Å². The molecule has 0 bridgehead atoms. The maximum atomic E-state index is 12.2. The molecular weight excluding hydrogens is 302 g/mol. The molecule has 2 aromatic carbocycles. The van der Waals surface area contributed by atoms with Crippen LogP contribution in [-0.2, 0) is 9.53 Å². The number of hydrogen-bond donors (Lipinski definition) is 2. The van der Waals surface area contributed by atoms with Gasteiger partial charge in [0.2, 0.25) is 5.91 Å². The van der Waals surface area contributed by atoms with E-state index in [9.17, 15) is 4.79 Å². The van der Waals surface area contributed by atoms with Gasteiger partial charge in [-0.25, -0.2) is 0 Å². The molecule has 0 aromatic heterocycles. The first-order valence-electron chi connectivity index (χ1n) is 8.00. The molecule has 1 fully saturated rings. The van der Waals surface area contributed by atoms with E-state index in [0.717, 1.165) is 29.9 Å². The number of nitrogens with one attached hydrogen (secondary N) is 2. The molecule has 1 aliphatic rings. The Bertz CT molecular complexity index is 744. The largest absolute Gasteiger partial charge is 0.381 e. The number of ether oxygens (including phenoxy) is 1. The van der Waals surface area contributed by atoms with E-state index in [2.05, 4.69) is 16.7 Å². The van der Waals surface area contributed by atoms with Gasteiger partial charge in [-0.15, -0.1) is 0 Å². The van der Waals surface area contributed by atoms with E-state index in [1.807, 2.05) is 36.4 Å². The number of carbonyl (C=O) groups excluding carboxylic acids is 1. The second kappa shape index (κ2) is 7.62. The Morgan fingerprint density at radius 2 is 1.75 bits per heavy atom. The fourth-order valence-corrected chi connectivity index (χ4v) is 2.67. The highest BCUT2D eigenvalue weighted by Gasteiger charge is 2.21. The Morgan fingerprint density at radius 1 is 1.04 bits per heavy atom. The summed E-state index contributed by atoms with van der Waals surface area (Å²) >= 11 is 0. The third-order valence-electron chi connectivity index (χ3n) is 4.02. The third-order valence-corrected chi connectivity index (χ3v) is 4.02. The van der Waals surface area contributed by atoms with Gasteiger partial charge >= 0.3 is 0 Å². The SMILES string of the molecule is N#Cc1cccc(Nc2ccc(NC(=O)C3CCOCC3)cc2)c1. The highest BCUT2D eigenvalue weighted by atomic mass is 16.5. The van der Waals surface area contributed by atoms with Crippen LogP contribution in [0.1, 0.15) is 18.4 Å². The average Bonchev–Trinajstić information content (AvgIpc) is 2.64. The van der Waals surface area contributed by atoms with Crippen molar-refractivity contribution < 1.29 is 9.53 Å². The fraction of sp³-hybridized carbons (Fsp3) is 0.263. The van der Waals surface area contributed by atoms with Gasteiger partial charge in [-0.1, -0.05) is 6.07 Å². The maximum absolute atomic E-state index is 12.2. The number of rotatable bonds is 4. The van der Waals surface area contributed by atoms with Crippen molar-refractivity contribution in [2.45, 2.75) is 12.8 Å². The molecule has 2 N–H and O–H groups in total. The minimum absolute atomic E-state index is 0.0327. The Morgan fingerprint density at radius 3 is 2.46 bits per heavy atom. The molecular formula is C19H19N3O2. The standard InChI is InChI=1S/C19H19N3O2/c20-13-14-2-1-3-18(12-14)21-16-4-6-17(7-5-16)22-19(23)15-8-10-24-11-9-15/h1-7,12,15,21H,8-11H2,(H,22,23). The van der Waals surface area contributed by atoms with E-state index < -0.39 is 0 Å². The Hall–Kier alpha value is -2.84. The predicted octanol–water partition coefficient (Wildman–Crippen LogP) is 3.67. The Labute approximate surface area is 141 Å². The zero-order valence-corrected chi connectivity index (χ0v) is 13.3. The zero-order chi connectivity index (χ0) is 16.8. The van der Waals surface area contributed by atoms with Crippen LogP contribution in [0.3, 0.4) is 0 Å². The number of carbonyl (C=O) groups is 1. The molecule has 1 amide bonds. The molecule has 0 atom stereocenters. The van der Waals surface area contributed by atoms with Crippen LogP contribution in [0.4, 0.5) is 17.1 Å². The summed E-state index contributed by atoms with van der Waals surface area (Å²) < 4.78 is 5.28. The van der Waals surface area contributed by atoms with Crippen LogP contribution in [0.15, 0.2) is 48.5 Å². The molecule has 2 aromatic rings. The molecule has 0 unspecified atom stereocenters. The number of anilines is 3. The summed E-state index contributed by atoms with van der Waals surface area (Å²) in [6.45, 7) is 1.31. The van der Waals surface area contributed by atoms with Gasteiger partial charge in [-0.05, 0) is 55.3 Å². The quantitative estimate of drug-likeness (QED) is 0.901. The summed E-state index contributed by atoms with van der Waals surface area (Å²) in [7, 11) is 0. The van der Waals surface area contributed by atoms with Crippen LogP contribution < -0.4 is 10.6 Å². The summed E-state index contributed by atoms with van der Waals surface area (Å²) in [5.74, 6) is 0.0889. The lowest BCUT2D eigenvalue weighted by atomic mass is 9.99. The highest BCUT2D eigenvalue weighted by Crippen LogP contribution is 2.21. The lowest BCUT2D eigenvalue weighted by Gasteiger charge is -2.21. The molecule has 5 heteroatoms. The van der Waals surface area contributed by atoms with Gasteiger partial charge in [0.15, 0.2) is 0 Å². The molecule has 0 aliphatic carbocycles. The molecule has 1 heterocycles. The number of amides is 1. The third kappa shape index (κ3) is 4.12. The first-order valence-corrected chi connectivity index (χ1v) is 8.00. The number of nitrogens with zero attached hydrogens (tertiary/aromatic N) is 1. The second-order valence-electron chi connectivity index (χ2n) is 5.77. The van der Waals surface area contributed by atoms with Crippen LogP contribution in [0.5, 0.6) is 0 Å². The van der Waals surface area contributed by atoms with Gasteiger partial charge in [0.05, 0.1) is 11.6 Å². The fourth-order valence-electron chi connectivity index (χ4n) is 2.67. The van der Waals surface area contributed by atoms with E-state index in [0.29, 0.717) is 18.8 Å². The number of hydrogen-bond acceptors (Lipinski definition) is 4. The van der Waals surface area contributed by atoms with Crippen LogP contribution in [0.25, 0.3) is 0 Å². The second-order valence-corrected chi connectivity index (χ2v) is 5.77. The summed E-state index contributed by atoms with van der Waals surface area (Å²) in [5, 5.41) is 15.1. The van der Waals surface area contributed by atoms with Gasteiger partial charge < -0.3 is 15.4 Å². The van der Waals surface area contributed by atoms with Crippen molar-refractivity contribution in [3.05, 3.63) is 54.1 Å². The monoisotopic (exact) mass is 321 g/mol. The van der Waals surface area contributed by atoms with E-state index >= 15 is 0 Å². The highest BCUT2D eigenvalue weighted by molar-refractivity contribution is 5.92. The number of benzene rings is 2. The van der Waals surface area contributed by atoms with Gasteiger partial charge in [0.1, 0.15) is 0 Å². The molecule has 5 nitrogen and oxygen atoms in total. The summed E-state index contributed by atoms with van der Waals surface area (Å²) in [6.07, 6.45) is 1.56. The molecule has 122 valence electrons. The lowest BCUT2D eigenvalue weighted by Crippen LogP contribution is -2.28. The molecule has 0 saturated carbocycles. The summed E-state index contributed by atoms with van der Waals surface area (Å²) in [5.41, 5.74) is 3.14. The lowest BCUT2D eigenvalue weighted by molar-refractivity contribution is -0.122. The van der Waals surface area contributed by atoms with Crippen molar-refractivity contribution in [3.63, 3.8) is 0 Å². The van der Waals surface area contributed by atoms with Crippen molar-refractivity contribution >= 4 is 23.0 Å². The first kappa shape index (κ1) is 16.0. The minimum Gasteiger partial charge on any atom is -0.381 e. The maximum Gasteiger partial charge on any atom is 0.227 e. The van der Waals surface area contributed by atoms with Crippen molar-refractivity contribution in [3.8, 4) is 6.07 Å². The minimum atomic E-state index is 0.0327. The summed E-state index contributed by atoms with van der Waals surface area (Å²) in [4.78, 5) is 12.2. The van der Waals surface area contributed by atoms with E-state index in [-0.39, 0.29) is 11.8 Å². The molecule has 1 aliphatic heterocycles. The summed E-state index contributed by atoms with van der Waals surface area (Å²) in [6, 6.07) is 17.0. The first-order chi connectivity index (χ1) is 11.7. The Balaban J connectivity index is 1.60. The molecule has 24 heavy (non-hydrogen) atoms. The van der Waals surface area contributed by atoms with E-state index in [1.165, 1.54) is 0 Å². The molecule has 0 radical (unpaired) electrons.